The summed E-state index contributed by atoms with van der Waals surface area (Å²) in [5, 5.41) is 0. The summed E-state index contributed by atoms with van der Waals surface area (Å²) in [4.78, 5) is 16.3. The number of anilines is 1. The van der Waals surface area contributed by atoms with Gasteiger partial charge in [-0.25, -0.2) is 4.79 Å². The summed E-state index contributed by atoms with van der Waals surface area (Å²) in [6.45, 7) is 4.18. The van der Waals surface area contributed by atoms with E-state index in [-0.39, 0.29) is 5.76 Å². The second kappa shape index (κ2) is 4.52. The SMILES string of the molecule is Cc1cnc(Cn2c(=O)oc3ccccc32)c(C)c1N. The largest absolute Gasteiger partial charge is 0.420 e. The van der Waals surface area contributed by atoms with E-state index in [2.05, 4.69) is 4.98 Å². The van der Waals surface area contributed by atoms with E-state index in [1.54, 1.807) is 16.8 Å². The van der Waals surface area contributed by atoms with Gasteiger partial charge in [-0.2, -0.15) is 0 Å². The first-order chi connectivity index (χ1) is 9.58. The first-order valence-electron chi connectivity index (χ1n) is 6.37. The Hall–Kier alpha value is -2.56. The number of rotatable bonds is 2. The molecule has 0 radical (unpaired) electrons. The van der Waals surface area contributed by atoms with Crippen molar-refractivity contribution in [3.63, 3.8) is 0 Å². The highest BCUT2D eigenvalue weighted by atomic mass is 16.4. The van der Waals surface area contributed by atoms with Crippen molar-refractivity contribution in [3.8, 4) is 0 Å². The number of pyridine rings is 1. The molecule has 3 aromatic rings. The van der Waals surface area contributed by atoms with Gasteiger partial charge in [-0.05, 0) is 37.1 Å². The maximum absolute atomic E-state index is 11.9. The van der Waals surface area contributed by atoms with Crippen molar-refractivity contribution in [3.05, 3.63) is 57.8 Å². The van der Waals surface area contributed by atoms with E-state index < -0.39 is 0 Å². The van der Waals surface area contributed by atoms with Gasteiger partial charge in [0.15, 0.2) is 5.58 Å². The van der Waals surface area contributed by atoms with Crippen molar-refractivity contribution >= 4 is 16.8 Å². The molecule has 0 spiro atoms. The van der Waals surface area contributed by atoms with Crippen LogP contribution in [0.2, 0.25) is 0 Å². The van der Waals surface area contributed by atoms with Gasteiger partial charge in [0.2, 0.25) is 0 Å². The number of benzene rings is 1. The first kappa shape index (κ1) is 12.5. The molecule has 0 saturated carbocycles. The fraction of sp³-hybridized carbons (Fsp3) is 0.200. The molecule has 2 heterocycles. The van der Waals surface area contributed by atoms with E-state index >= 15 is 0 Å². The Morgan fingerprint density at radius 2 is 2.05 bits per heavy atom. The molecule has 0 aliphatic carbocycles. The third kappa shape index (κ3) is 1.87. The summed E-state index contributed by atoms with van der Waals surface area (Å²) in [7, 11) is 0. The molecular weight excluding hydrogens is 254 g/mol. The molecule has 0 aliphatic heterocycles. The zero-order chi connectivity index (χ0) is 14.3. The Bertz CT molecular complexity index is 846. The summed E-state index contributed by atoms with van der Waals surface area (Å²) in [6.07, 6.45) is 1.73. The van der Waals surface area contributed by atoms with Gasteiger partial charge >= 0.3 is 5.76 Å². The number of para-hydroxylation sites is 2. The molecular formula is C15H15N3O2. The highest BCUT2D eigenvalue weighted by Gasteiger charge is 2.12. The average Bonchev–Trinajstić information content (AvgIpc) is 2.76. The summed E-state index contributed by atoms with van der Waals surface area (Å²) >= 11 is 0. The number of nitrogen functional groups attached to an aromatic ring is 1. The Morgan fingerprint density at radius 3 is 2.85 bits per heavy atom. The fourth-order valence-electron chi connectivity index (χ4n) is 2.27. The molecule has 0 fully saturated rings. The molecule has 0 atom stereocenters. The summed E-state index contributed by atoms with van der Waals surface area (Å²) < 4.78 is 6.78. The molecule has 0 unspecified atom stereocenters. The molecule has 1 aromatic carbocycles. The van der Waals surface area contributed by atoms with Crippen LogP contribution >= 0.6 is 0 Å². The van der Waals surface area contributed by atoms with Crippen molar-refractivity contribution in [2.45, 2.75) is 20.4 Å². The third-order valence-electron chi connectivity index (χ3n) is 3.56. The topological polar surface area (TPSA) is 74.0 Å². The van der Waals surface area contributed by atoms with Gasteiger partial charge in [0.25, 0.3) is 0 Å². The van der Waals surface area contributed by atoms with Crippen LogP contribution in [0.3, 0.4) is 0 Å². The Labute approximate surface area is 115 Å². The van der Waals surface area contributed by atoms with Crippen LogP contribution in [0.15, 0.2) is 39.7 Å². The lowest BCUT2D eigenvalue weighted by molar-refractivity contribution is 0.515. The molecule has 2 N–H and O–H groups in total. The molecule has 0 saturated heterocycles. The molecule has 0 aliphatic rings. The van der Waals surface area contributed by atoms with Crippen LogP contribution in [-0.2, 0) is 6.54 Å². The molecule has 5 heteroatoms. The minimum atomic E-state index is -0.383. The predicted octanol–water partition coefficient (Wildman–Crippen LogP) is 2.24. The highest BCUT2D eigenvalue weighted by molar-refractivity contribution is 5.72. The van der Waals surface area contributed by atoms with E-state index in [9.17, 15) is 4.79 Å². The lowest BCUT2D eigenvalue weighted by Gasteiger charge is -2.10. The van der Waals surface area contributed by atoms with Gasteiger partial charge in [0.05, 0.1) is 17.8 Å². The second-order valence-corrected chi connectivity index (χ2v) is 4.85. The van der Waals surface area contributed by atoms with Crippen molar-refractivity contribution in [1.82, 2.24) is 9.55 Å². The molecule has 102 valence electrons. The number of fused-ring (bicyclic) bond motifs is 1. The number of aryl methyl sites for hydroxylation is 1. The number of hydrogen-bond acceptors (Lipinski definition) is 4. The monoisotopic (exact) mass is 269 g/mol. The standard InChI is InChI=1S/C15H15N3O2/c1-9-7-17-11(10(2)14(9)16)8-18-12-5-3-4-6-13(12)20-15(18)19/h3-7H,8H2,1-2H3,(H2,16,17). The summed E-state index contributed by atoms with van der Waals surface area (Å²) in [5.41, 5.74) is 10.7. The van der Waals surface area contributed by atoms with E-state index in [1.165, 1.54) is 0 Å². The van der Waals surface area contributed by atoms with Crippen LogP contribution in [0.5, 0.6) is 0 Å². The van der Waals surface area contributed by atoms with Gasteiger partial charge in [-0.1, -0.05) is 12.1 Å². The zero-order valence-electron chi connectivity index (χ0n) is 11.4. The molecule has 0 amide bonds. The van der Waals surface area contributed by atoms with Crippen LogP contribution in [0.25, 0.3) is 11.1 Å². The quantitative estimate of drug-likeness (QED) is 0.774. The number of nitrogens with zero attached hydrogens (tertiary/aromatic N) is 2. The van der Waals surface area contributed by atoms with Crippen molar-refractivity contribution in [2.75, 3.05) is 5.73 Å². The lowest BCUT2D eigenvalue weighted by Crippen LogP contribution is -2.17. The number of nitrogens with two attached hydrogens (primary N) is 1. The Morgan fingerprint density at radius 1 is 1.30 bits per heavy atom. The predicted molar refractivity (Wildman–Crippen MR) is 77.7 cm³/mol. The number of aromatic nitrogens is 2. The lowest BCUT2D eigenvalue weighted by atomic mass is 10.1. The van der Waals surface area contributed by atoms with Gasteiger partial charge in [-0.15, -0.1) is 0 Å². The number of hydrogen-bond donors (Lipinski definition) is 1. The van der Waals surface area contributed by atoms with Crippen molar-refractivity contribution < 1.29 is 4.42 Å². The van der Waals surface area contributed by atoms with Gasteiger partial charge in [-0.3, -0.25) is 9.55 Å². The van der Waals surface area contributed by atoms with E-state index in [4.69, 9.17) is 10.2 Å². The minimum Gasteiger partial charge on any atom is -0.408 e. The molecule has 0 bridgehead atoms. The third-order valence-corrected chi connectivity index (χ3v) is 3.56. The normalized spacial score (nSPS) is 11.1. The van der Waals surface area contributed by atoms with Gasteiger partial charge in [0, 0.05) is 11.9 Å². The van der Waals surface area contributed by atoms with Crippen molar-refractivity contribution in [2.24, 2.45) is 0 Å². The highest BCUT2D eigenvalue weighted by Crippen LogP contribution is 2.20. The minimum absolute atomic E-state index is 0.353. The van der Waals surface area contributed by atoms with Gasteiger partial charge < -0.3 is 10.2 Å². The van der Waals surface area contributed by atoms with Crippen LogP contribution in [0, 0.1) is 13.8 Å². The van der Waals surface area contributed by atoms with Crippen LogP contribution in [0.1, 0.15) is 16.8 Å². The maximum Gasteiger partial charge on any atom is 0.420 e. The summed E-state index contributed by atoms with van der Waals surface area (Å²) in [5.74, 6) is -0.383. The fourth-order valence-corrected chi connectivity index (χ4v) is 2.27. The van der Waals surface area contributed by atoms with Crippen LogP contribution in [0.4, 0.5) is 5.69 Å². The maximum atomic E-state index is 11.9. The van der Waals surface area contributed by atoms with Crippen molar-refractivity contribution in [1.29, 1.82) is 0 Å². The van der Waals surface area contributed by atoms with Crippen LogP contribution in [-0.4, -0.2) is 9.55 Å². The second-order valence-electron chi connectivity index (χ2n) is 4.85. The van der Waals surface area contributed by atoms with E-state index in [0.717, 1.165) is 28.0 Å². The average molecular weight is 269 g/mol. The smallest absolute Gasteiger partial charge is 0.408 e. The van der Waals surface area contributed by atoms with E-state index in [1.807, 2.05) is 32.0 Å². The first-order valence-corrected chi connectivity index (χ1v) is 6.37. The summed E-state index contributed by atoms with van der Waals surface area (Å²) in [6, 6.07) is 7.34. The van der Waals surface area contributed by atoms with E-state index in [0.29, 0.717) is 12.1 Å². The Kier molecular flexibility index (Phi) is 2.82. The van der Waals surface area contributed by atoms with Gasteiger partial charge in [0.1, 0.15) is 0 Å². The molecule has 5 nitrogen and oxygen atoms in total. The molecule has 2 aromatic heterocycles. The zero-order valence-corrected chi connectivity index (χ0v) is 11.4. The Balaban J connectivity index is 2.13. The molecule has 20 heavy (non-hydrogen) atoms. The molecule has 3 rings (SSSR count). The number of oxazole rings is 1. The van der Waals surface area contributed by atoms with Crippen LogP contribution < -0.4 is 11.5 Å².